The molecule has 4 amide bonds. The van der Waals surface area contributed by atoms with E-state index in [1.54, 1.807) is 118 Å². The van der Waals surface area contributed by atoms with Gasteiger partial charge in [0.05, 0.1) is 31.1 Å². The van der Waals surface area contributed by atoms with E-state index >= 15 is 0 Å². The predicted molar refractivity (Wildman–Crippen MR) is 215 cm³/mol. The molecule has 0 fully saturated rings. The van der Waals surface area contributed by atoms with Gasteiger partial charge < -0.3 is 35.1 Å². The number of nitrogens with zero attached hydrogens (tertiary/aromatic N) is 1. The lowest BCUT2D eigenvalue weighted by Gasteiger charge is -2.30. The van der Waals surface area contributed by atoms with Crippen molar-refractivity contribution in [2.24, 2.45) is 0 Å². The number of thiophene rings is 1. The topological polar surface area (TPSA) is 152 Å². The summed E-state index contributed by atoms with van der Waals surface area (Å²) in [5.41, 5.74) is 1.96. The van der Waals surface area contributed by atoms with Crippen LogP contribution in [0, 0.1) is 0 Å². The molecule has 3 N–H and O–H groups in total. The minimum atomic E-state index is -0.650. The number of anilines is 2. The first-order valence-corrected chi connectivity index (χ1v) is 19.6. The normalized spacial score (nSPS) is 12.6. The van der Waals surface area contributed by atoms with Gasteiger partial charge in [-0.15, -0.1) is 23.1 Å². The van der Waals surface area contributed by atoms with Gasteiger partial charge >= 0.3 is 12.1 Å². The van der Waals surface area contributed by atoms with E-state index in [0.717, 1.165) is 10.4 Å². The Hall–Kier alpha value is -5.60. The molecular formula is C41H44N4O8S2. The number of esters is 1. The fourth-order valence-corrected chi connectivity index (χ4v) is 7.53. The molecule has 0 spiro atoms. The fraction of sp³-hybridized carbons (Fsp3) is 0.293. The number of benzene rings is 3. The third kappa shape index (κ3) is 11.4. The summed E-state index contributed by atoms with van der Waals surface area (Å²) in [5, 5.41) is 8.84. The number of nitrogens with one attached hydrogen (secondary N) is 3. The zero-order valence-corrected chi connectivity index (χ0v) is 33.0. The molecule has 0 atom stereocenters. The van der Waals surface area contributed by atoms with E-state index in [-0.39, 0.29) is 30.5 Å². The van der Waals surface area contributed by atoms with E-state index < -0.39 is 29.5 Å². The summed E-state index contributed by atoms with van der Waals surface area (Å²) in [7, 11) is 0. The number of amides is 4. The standard InChI is InChI=1S/C41H44N4O8S2/c1-6-51-29-18-16-26(17-19-29)22-32(43-36(47)27-12-9-8-10-13-27)37(48)42-28-14-11-15-30(23-28)54-25-34(46)44-38-35(39(49)52-7-2)31-20-21-45(24-33(31)55-38)40(50)53-41(3,4)5/h8-19,22-23H,6-7,20-21,24-25H2,1-5H3,(H,42,48)(H,43,47)(H,44,46)/b32-22+. The first kappa shape index (κ1) is 40.6. The van der Waals surface area contributed by atoms with Crippen LogP contribution in [0.3, 0.4) is 0 Å². The van der Waals surface area contributed by atoms with Gasteiger partial charge in [-0.3, -0.25) is 14.4 Å². The second-order valence-corrected chi connectivity index (χ2v) is 15.4. The predicted octanol–water partition coefficient (Wildman–Crippen LogP) is 7.76. The van der Waals surface area contributed by atoms with Gasteiger partial charge in [-0.2, -0.15) is 0 Å². The molecule has 5 rings (SSSR count). The lowest BCUT2D eigenvalue weighted by Crippen LogP contribution is -2.39. The molecule has 0 unspecified atom stereocenters. The Labute approximate surface area is 328 Å². The Kier molecular flexibility index (Phi) is 13.7. The number of fused-ring (bicyclic) bond motifs is 1. The number of ether oxygens (including phenoxy) is 3. The van der Waals surface area contributed by atoms with Crippen LogP contribution < -0.4 is 20.7 Å². The number of carbonyl (C=O) groups is 5. The summed E-state index contributed by atoms with van der Waals surface area (Å²) >= 11 is 2.48. The maximum absolute atomic E-state index is 13.6. The Balaban J connectivity index is 1.27. The van der Waals surface area contributed by atoms with Crippen LogP contribution in [-0.2, 0) is 32.0 Å². The lowest BCUT2D eigenvalue weighted by atomic mass is 10.0. The Bertz CT molecular complexity index is 2060. The summed E-state index contributed by atoms with van der Waals surface area (Å²) in [6.45, 7) is 10.3. The molecule has 12 nitrogen and oxygen atoms in total. The third-order valence-electron chi connectivity index (χ3n) is 7.93. The molecule has 3 aromatic carbocycles. The van der Waals surface area contributed by atoms with Gasteiger partial charge in [0.15, 0.2) is 0 Å². The van der Waals surface area contributed by atoms with E-state index in [0.29, 0.717) is 57.6 Å². The minimum Gasteiger partial charge on any atom is -0.494 e. The molecule has 4 aromatic rings. The van der Waals surface area contributed by atoms with Crippen LogP contribution in [0.2, 0.25) is 0 Å². The lowest BCUT2D eigenvalue weighted by molar-refractivity contribution is -0.114. The van der Waals surface area contributed by atoms with Gasteiger partial charge in [0.25, 0.3) is 11.8 Å². The van der Waals surface area contributed by atoms with Gasteiger partial charge in [0.1, 0.15) is 22.0 Å². The smallest absolute Gasteiger partial charge is 0.410 e. The van der Waals surface area contributed by atoms with Crippen molar-refractivity contribution in [2.45, 2.75) is 58.1 Å². The van der Waals surface area contributed by atoms with Crippen LogP contribution in [-0.4, -0.2) is 65.8 Å². The molecule has 1 aliphatic rings. The van der Waals surface area contributed by atoms with Gasteiger partial charge in [-0.05, 0) is 101 Å². The van der Waals surface area contributed by atoms with Crippen molar-refractivity contribution in [3.63, 3.8) is 0 Å². The Morgan fingerprint density at radius 3 is 2.35 bits per heavy atom. The highest BCUT2D eigenvalue weighted by atomic mass is 32.2. The number of thioether (sulfide) groups is 1. The van der Waals surface area contributed by atoms with E-state index in [4.69, 9.17) is 14.2 Å². The monoisotopic (exact) mass is 784 g/mol. The molecule has 0 radical (unpaired) electrons. The highest BCUT2D eigenvalue weighted by Crippen LogP contribution is 2.38. The van der Waals surface area contributed by atoms with Crippen molar-refractivity contribution in [1.82, 2.24) is 10.2 Å². The molecule has 0 saturated carbocycles. The van der Waals surface area contributed by atoms with Crippen molar-refractivity contribution < 1.29 is 38.2 Å². The zero-order chi connectivity index (χ0) is 39.5. The third-order valence-corrected chi connectivity index (χ3v) is 10.1. The molecular weight excluding hydrogens is 741 g/mol. The fourth-order valence-electron chi connectivity index (χ4n) is 5.50. The number of carbonyl (C=O) groups excluding carboxylic acids is 5. The average molecular weight is 785 g/mol. The van der Waals surface area contributed by atoms with E-state index in [1.807, 2.05) is 6.92 Å². The maximum Gasteiger partial charge on any atom is 0.410 e. The molecule has 0 saturated heterocycles. The molecule has 2 heterocycles. The summed E-state index contributed by atoms with van der Waals surface area (Å²) < 4.78 is 16.4. The highest BCUT2D eigenvalue weighted by molar-refractivity contribution is 8.00. The molecule has 0 aliphatic carbocycles. The highest BCUT2D eigenvalue weighted by Gasteiger charge is 2.32. The van der Waals surface area contributed by atoms with E-state index in [1.165, 1.54) is 23.1 Å². The summed E-state index contributed by atoms with van der Waals surface area (Å²) in [4.78, 5) is 68.9. The van der Waals surface area contributed by atoms with Crippen molar-refractivity contribution in [2.75, 3.05) is 36.1 Å². The van der Waals surface area contributed by atoms with Gasteiger partial charge in [-0.1, -0.05) is 36.4 Å². The minimum absolute atomic E-state index is 0.00227. The molecule has 14 heteroatoms. The maximum atomic E-state index is 13.6. The first-order chi connectivity index (χ1) is 26.3. The van der Waals surface area contributed by atoms with Crippen molar-refractivity contribution >= 4 is 69.6 Å². The number of hydrogen-bond donors (Lipinski definition) is 3. The molecule has 55 heavy (non-hydrogen) atoms. The number of rotatable bonds is 13. The molecule has 1 aromatic heterocycles. The Morgan fingerprint density at radius 1 is 0.909 bits per heavy atom. The summed E-state index contributed by atoms with van der Waals surface area (Å²) in [6, 6.07) is 22.7. The van der Waals surface area contributed by atoms with Gasteiger partial charge in [0.2, 0.25) is 5.91 Å². The van der Waals surface area contributed by atoms with Crippen LogP contribution in [0.4, 0.5) is 15.5 Å². The molecule has 1 aliphatic heterocycles. The summed E-state index contributed by atoms with van der Waals surface area (Å²) in [5.74, 6) is -1.19. The van der Waals surface area contributed by atoms with Gasteiger partial charge in [-0.25, -0.2) is 9.59 Å². The number of hydrogen-bond acceptors (Lipinski definition) is 10. The second-order valence-electron chi connectivity index (χ2n) is 13.3. The molecule has 288 valence electrons. The van der Waals surface area contributed by atoms with Crippen LogP contribution >= 0.6 is 23.1 Å². The zero-order valence-electron chi connectivity index (χ0n) is 31.4. The van der Waals surface area contributed by atoms with E-state index in [9.17, 15) is 24.0 Å². The van der Waals surface area contributed by atoms with Crippen LogP contribution in [0.25, 0.3) is 6.08 Å². The van der Waals surface area contributed by atoms with Crippen LogP contribution in [0.15, 0.2) is 89.5 Å². The SMILES string of the molecule is CCOC(=O)c1c(NC(=O)CSc2cccc(NC(=O)/C(=C\c3ccc(OCC)cc3)NC(=O)c3ccccc3)c2)sc2c1CCN(C(=O)OC(C)(C)C)C2. The average Bonchev–Trinajstić information content (AvgIpc) is 3.51. The van der Waals surface area contributed by atoms with Gasteiger partial charge in [0, 0.05) is 27.6 Å². The first-order valence-electron chi connectivity index (χ1n) is 17.8. The molecule has 0 bridgehead atoms. The second kappa shape index (κ2) is 18.6. The quantitative estimate of drug-likeness (QED) is 0.0702. The van der Waals surface area contributed by atoms with Crippen molar-refractivity contribution in [1.29, 1.82) is 0 Å². The van der Waals surface area contributed by atoms with Crippen molar-refractivity contribution in [3.8, 4) is 5.75 Å². The van der Waals surface area contributed by atoms with Crippen LogP contribution in [0.1, 0.15) is 71.3 Å². The van der Waals surface area contributed by atoms with Crippen molar-refractivity contribution in [3.05, 3.63) is 112 Å². The largest absolute Gasteiger partial charge is 0.494 e. The Morgan fingerprint density at radius 2 is 1.65 bits per heavy atom. The van der Waals surface area contributed by atoms with Crippen LogP contribution in [0.5, 0.6) is 5.75 Å². The van der Waals surface area contributed by atoms with E-state index in [2.05, 4.69) is 16.0 Å². The summed E-state index contributed by atoms with van der Waals surface area (Å²) in [6.07, 6.45) is 1.55.